The Bertz CT molecular complexity index is 931. The minimum Gasteiger partial charge on any atom is -0.482 e. The molecule has 2 amide bonds. The van der Waals surface area contributed by atoms with Gasteiger partial charge < -0.3 is 9.64 Å². The van der Waals surface area contributed by atoms with Crippen LogP contribution in [0.4, 0.5) is 11.4 Å². The van der Waals surface area contributed by atoms with Gasteiger partial charge in [0.1, 0.15) is 12.3 Å². The summed E-state index contributed by atoms with van der Waals surface area (Å²) >= 11 is 0. The summed E-state index contributed by atoms with van der Waals surface area (Å²) in [6.07, 6.45) is 1.91. The summed E-state index contributed by atoms with van der Waals surface area (Å²) in [7, 11) is -3.18. The number of non-ortho nitro benzene ring substituents is 1. The van der Waals surface area contributed by atoms with Gasteiger partial charge in [-0.15, -0.1) is 0 Å². The number of amides is 2. The van der Waals surface area contributed by atoms with Gasteiger partial charge in [-0.25, -0.2) is 8.42 Å². The molecule has 1 atom stereocenters. The number of hydrogen-bond acceptors (Lipinski definition) is 7. The molecule has 0 aromatic heterocycles. The Morgan fingerprint density at radius 1 is 1.41 bits per heavy atom. The number of benzene rings is 1. The van der Waals surface area contributed by atoms with Crippen molar-refractivity contribution in [3.05, 3.63) is 28.3 Å². The van der Waals surface area contributed by atoms with E-state index in [0.717, 1.165) is 6.42 Å². The lowest BCUT2D eigenvalue weighted by Gasteiger charge is -2.33. The average molecular weight is 425 g/mol. The van der Waals surface area contributed by atoms with E-state index in [-0.39, 0.29) is 47.7 Å². The molecular formula is C18H23N3O7S. The highest BCUT2D eigenvalue weighted by Gasteiger charge is 2.36. The maximum atomic E-state index is 13.1. The summed E-state index contributed by atoms with van der Waals surface area (Å²) in [6, 6.07) is 3.46. The van der Waals surface area contributed by atoms with Crippen molar-refractivity contribution in [2.24, 2.45) is 0 Å². The fourth-order valence-electron chi connectivity index (χ4n) is 3.56. The number of hydrogen-bond donors (Lipinski definition) is 0. The van der Waals surface area contributed by atoms with E-state index in [4.69, 9.17) is 4.74 Å². The Labute approximate surface area is 168 Å². The van der Waals surface area contributed by atoms with Gasteiger partial charge in [0, 0.05) is 24.7 Å². The third kappa shape index (κ3) is 4.66. The monoisotopic (exact) mass is 425 g/mol. The van der Waals surface area contributed by atoms with Crippen molar-refractivity contribution in [2.45, 2.75) is 32.2 Å². The van der Waals surface area contributed by atoms with Crippen LogP contribution in [0.5, 0.6) is 5.75 Å². The molecule has 29 heavy (non-hydrogen) atoms. The SMILES string of the molecule is CCCCN(C(=O)CN1C(=O)COc2ccc([N+](=O)[O-])cc21)C1CCS(=O)(=O)C1. The second kappa shape index (κ2) is 8.36. The topological polar surface area (TPSA) is 127 Å². The summed E-state index contributed by atoms with van der Waals surface area (Å²) in [5.41, 5.74) is -0.0532. The largest absolute Gasteiger partial charge is 0.482 e. The number of nitro groups is 1. The van der Waals surface area contributed by atoms with Crippen LogP contribution in [0.25, 0.3) is 0 Å². The van der Waals surface area contributed by atoms with Crippen molar-refractivity contribution in [1.29, 1.82) is 0 Å². The molecule has 1 unspecified atom stereocenters. The number of nitrogens with zero attached hydrogens (tertiary/aromatic N) is 3. The van der Waals surface area contributed by atoms with Gasteiger partial charge in [-0.05, 0) is 18.9 Å². The van der Waals surface area contributed by atoms with Gasteiger partial charge in [0.25, 0.3) is 11.6 Å². The van der Waals surface area contributed by atoms with Crippen LogP contribution in [-0.4, -0.2) is 67.3 Å². The number of unbranched alkanes of at least 4 members (excludes halogenated alkanes) is 1. The number of carbonyl (C=O) groups is 2. The maximum Gasteiger partial charge on any atom is 0.271 e. The molecule has 1 saturated heterocycles. The average Bonchev–Trinajstić information content (AvgIpc) is 3.03. The molecule has 0 radical (unpaired) electrons. The lowest BCUT2D eigenvalue weighted by Crippen LogP contribution is -2.50. The zero-order valence-corrected chi connectivity index (χ0v) is 16.9. The van der Waals surface area contributed by atoms with E-state index in [1.54, 1.807) is 0 Å². The first-order valence-electron chi connectivity index (χ1n) is 9.43. The third-order valence-corrected chi connectivity index (χ3v) is 6.86. The first-order chi connectivity index (χ1) is 13.7. The Morgan fingerprint density at radius 3 is 2.79 bits per heavy atom. The maximum absolute atomic E-state index is 13.1. The van der Waals surface area contributed by atoms with Crippen molar-refractivity contribution in [3.8, 4) is 5.75 Å². The molecule has 158 valence electrons. The zero-order valence-electron chi connectivity index (χ0n) is 16.1. The van der Waals surface area contributed by atoms with Crippen LogP contribution in [0, 0.1) is 10.1 Å². The van der Waals surface area contributed by atoms with E-state index in [1.165, 1.54) is 28.0 Å². The van der Waals surface area contributed by atoms with Crippen LogP contribution in [0.15, 0.2) is 18.2 Å². The number of anilines is 1. The molecule has 10 nitrogen and oxygen atoms in total. The van der Waals surface area contributed by atoms with Gasteiger partial charge in [-0.2, -0.15) is 0 Å². The Hall–Kier alpha value is -2.69. The Balaban J connectivity index is 1.85. The van der Waals surface area contributed by atoms with Crippen LogP contribution < -0.4 is 9.64 Å². The van der Waals surface area contributed by atoms with Gasteiger partial charge in [0.15, 0.2) is 16.4 Å². The van der Waals surface area contributed by atoms with E-state index >= 15 is 0 Å². The lowest BCUT2D eigenvalue weighted by atomic mass is 10.1. The number of ether oxygens (including phenoxy) is 1. The quantitative estimate of drug-likeness (QED) is 0.473. The molecule has 1 fully saturated rings. The normalized spacial score (nSPS) is 20.1. The summed E-state index contributed by atoms with van der Waals surface area (Å²) in [6.45, 7) is 1.77. The highest BCUT2D eigenvalue weighted by molar-refractivity contribution is 7.91. The van der Waals surface area contributed by atoms with Gasteiger partial charge in [-0.1, -0.05) is 13.3 Å². The third-order valence-electron chi connectivity index (χ3n) is 5.11. The number of nitro benzene ring substituents is 1. The summed E-state index contributed by atoms with van der Waals surface area (Å²) in [4.78, 5) is 38.7. The molecule has 0 bridgehead atoms. The fraction of sp³-hybridized carbons (Fsp3) is 0.556. The van der Waals surface area contributed by atoms with Gasteiger partial charge >= 0.3 is 0 Å². The van der Waals surface area contributed by atoms with Gasteiger partial charge in [-0.3, -0.25) is 24.6 Å². The number of rotatable bonds is 7. The van der Waals surface area contributed by atoms with Crippen LogP contribution in [-0.2, 0) is 19.4 Å². The molecular weight excluding hydrogens is 402 g/mol. The zero-order chi connectivity index (χ0) is 21.2. The smallest absolute Gasteiger partial charge is 0.271 e. The molecule has 0 N–H and O–H groups in total. The number of fused-ring (bicyclic) bond motifs is 1. The molecule has 3 rings (SSSR count). The number of carbonyl (C=O) groups excluding carboxylic acids is 2. The summed E-state index contributed by atoms with van der Waals surface area (Å²) in [5.74, 6) is -0.624. The van der Waals surface area contributed by atoms with E-state index in [0.29, 0.717) is 19.4 Å². The first kappa shape index (κ1) is 21.0. The van der Waals surface area contributed by atoms with Crippen molar-refractivity contribution in [2.75, 3.05) is 36.1 Å². The minimum atomic E-state index is -3.18. The number of sulfone groups is 1. The second-order valence-corrected chi connectivity index (χ2v) is 9.40. The molecule has 0 aliphatic carbocycles. The molecule has 1 aromatic rings. The molecule has 2 aliphatic rings. The van der Waals surface area contributed by atoms with Crippen LogP contribution in [0.2, 0.25) is 0 Å². The van der Waals surface area contributed by atoms with Crippen molar-refractivity contribution in [1.82, 2.24) is 4.90 Å². The first-order valence-corrected chi connectivity index (χ1v) is 11.3. The Morgan fingerprint density at radius 2 is 2.17 bits per heavy atom. The molecule has 2 aliphatic heterocycles. The van der Waals surface area contributed by atoms with Crippen molar-refractivity contribution >= 4 is 33.0 Å². The van der Waals surface area contributed by atoms with E-state index in [9.17, 15) is 28.1 Å². The van der Waals surface area contributed by atoms with Crippen LogP contribution >= 0.6 is 0 Å². The molecule has 0 spiro atoms. The van der Waals surface area contributed by atoms with Crippen LogP contribution in [0.1, 0.15) is 26.2 Å². The van der Waals surface area contributed by atoms with E-state index in [1.807, 2.05) is 6.92 Å². The Kier molecular flexibility index (Phi) is 6.06. The van der Waals surface area contributed by atoms with E-state index in [2.05, 4.69) is 0 Å². The second-order valence-electron chi connectivity index (χ2n) is 7.18. The molecule has 1 aromatic carbocycles. The summed E-state index contributed by atoms with van der Waals surface area (Å²) in [5, 5.41) is 11.1. The highest BCUT2D eigenvalue weighted by atomic mass is 32.2. The van der Waals surface area contributed by atoms with E-state index < -0.39 is 26.7 Å². The molecule has 2 heterocycles. The molecule has 0 saturated carbocycles. The minimum absolute atomic E-state index is 0.0408. The highest BCUT2D eigenvalue weighted by Crippen LogP contribution is 2.35. The lowest BCUT2D eigenvalue weighted by molar-refractivity contribution is -0.384. The fourth-order valence-corrected chi connectivity index (χ4v) is 5.29. The van der Waals surface area contributed by atoms with Gasteiger partial charge in [0.05, 0.1) is 22.1 Å². The van der Waals surface area contributed by atoms with Crippen LogP contribution in [0.3, 0.4) is 0 Å². The van der Waals surface area contributed by atoms with Crippen molar-refractivity contribution in [3.63, 3.8) is 0 Å². The predicted octanol–water partition coefficient (Wildman–Crippen LogP) is 1.14. The standard InChI is InChI=1S/C18H23N3O7S/c1-2-3-7-19(14-6-8-29(26,27)12-14)17(22)10-20-15-9-13(21(24)25)4-5-16(15)28-11-18(20)23/h4-5,9,14H,2-3,6-8,10-12H2,1H3. The van der Waals surface area contributed by atoms with Gasteiger partial charge in [0.2, 0.25) is 5.91 Å². The van der Waals surface area contributed by atoms with Crippen molar-refractivity contribution < 1.29 is 27.7 Å². The summed E-state index contributed by atoms with van der Waals surface area (Å²) < 4.78 is 29.0. The predicted molar refractivity (Wildman–Crippen MR) is 105 cm³/mol. The molecule has 11 heteroatoms.